The predicted molar refractivity (Wildman–Crippen MR) is 62.8 cm³/mol. The Balaban J connectivity index is 2.28. The number of carbonyl (C=O) groups excluding carboxylic acids is 1. The van der Waals surface area contributed by atoms with Gasteiger partial charge in [-0.25, -0.2) is 9.79 Å². The first-order chi connectivity index (χ1) is 8.58. The second-order valence-electron chi connectivity index (χ2n) is 3.59. The van der Waals surface area contributed by atoms with E-state index in [-0.39, 0.29) is 11.6 Å². The number of nitrogens with zero attached hydrogens (tertiary/aromatic N) is 1. The Hall–Kier alpha value is -2.47. The van der Waals surface area contributed by atoms with E-state index in [1.54, 1.807) is 24.3 Å². The zero-order valence-corrected chi connectivity index (χ0v) is 9.24. The van der Waals surface area contributed by atoms with Gasteiger partial charge in [-0.15, -0.1) is 0 Å². The van der Waals surface area contributed by atoms with Gasteiger partial charge in [-0.2, -0.15) is 0 Å². The molecule has 1 aliphatic rings. The summed E-state index contributed by atoms with van der Waals surface area (Å²) in [5, 5.41) is 8.64. The highest BCUT2D eigenvalue weighted by atomic mass is 16.6. The van der Waals surface area contributed by atoms with Crippen molar-refractivity contribution in [3.8, 4) is 0 Å². The van der Waals surface area contributed by atoms with Crippen molar-refractivity contribution in [3.05, 3.63) is 47.7 Å². The van der Waals surface area contributed by atoms with Gasteiger partial charge in [0.25, 0.3) is 0 Å². The van der Waals surface area contributed by atoms with E-state index in [1.807, 2.05) is 6.07 Å². The minimum absolute atomic E-state index is 0.0937. The molecule has 18 heavy (non-hydrogen) atoms. The fourth-order valence-corrected chi connectivity index (χ4v) is 1.37. The van der Waals surface area contributed by atoms with Gasteiger partial charge >= 0.3 is 11.9 Å². The number of hydrogen-bond acceptors (Lipinski definition) is 5. The third-order valence-electron chi connectivity index (χ3n) is 2.26. The fraction of sp³-hybridized carbons (Fsp3) is 0.0833. The standard InChI is InChI=1S/C12H10N2O4/c13-8(11(15)16)6-9-12(17)18-10(14-9)7-4-2-1-3-5-7/h1-6,8H,13H2,(H,15,16). The number of carbonyl (C=O) groups is 2. The van der Waals surface area contributed by atoms with Crippen LogP contribution in [-0.2, 0) is 14.3 Å². The van der Waals surface area contributed by atoms with Crippen LogP contribution < -0.4 is 5.73 Å². The summed E-state index contributed by atoms with van der Waals surface area (Å²) in [6, 6.07) is 7.54. The van der Waals surface area contributed by atoms with Crippen LogP contribution in [-0.4, -0.2) is 29.0 Å². The van der Waals surface area contributed by atoms with Gasteiger partial charge < -0.3 is 15.6 Å². The lowest BCUT2D eigenvalue weighted by atomic mass is 10.2. The van der Waals surface area contributed by atoms with E-state index in [2.05, 4.69) is 4.99 Å². The third kappa shape index (κ3) is 2.44. The normalized spacial score (nSPS) is 18.4. The van der Waals surface area contributed by atoms with Gasteiger partial charge in [0.05, 0.1) is 0 Å². The molecule has 1 aromatic carbocycles. The molecule has 0 saturated heterocycles. The van der Waals surface area contributed by atoms with E-state index in [4.69, 9.17) is 15.6 Å². The zero-order valence-electron chi connectivity index (χ0n) is 9.24. The molecular formula is C12H10N2O4. The van der Waals surface area contributed by atoms with Gasteiger partial charge in [0, 0.05) is 5.56 Å². The minimum Gasteiger partial charge on any atom is -0.480 e. The Morgan fingerprint density at radius 2 is 2.06 bits per heavy atom. The van der Waals surface area contributed by atoms with Crippen LogP contribution in [0.3, 0.4) is 0 Å². The van der Waals surface area contributed by atoms with Crippen molar-refractivity contribution in [2.45, 2.75) is 6.04 Å². The number of esters is 1. The van der Waals surface area contributed by atoms with Crippen LogP contribution in [0.4, 0.5) is 0 Å². The summed E-state index contributed by atoms with van der Waals surface area (Å²) in [7, 11) is 0. The van der Waals surface area contributed by atoms with Crippen molar-refractivity contribution in [1.29, 1.82) is 0 Å². The molecule has 1 unspecified atom stereocenters. The maximum absolute atomic E-state index is 11.5. The topological polar surface area (TPSA) is 102 Å². The first kappa shape index (κ1) is 12.0. The van der Waals surface area contributed by atoms with Crippen molar-refractivity contribution in [3.63, 3.8) is 0 Å². The summed E-state index contributed by atoms with van der Waals surface area (Å²) in [6.45, 7) is 0. The monoisotopic (exact) mass is 246 g/mol. The largest absolute Gasteiger partial charge is 0.480 e. The number of cyclic esters (lactones) is 1. The molecule has 6 nitrogen and oxygen atoms in total. The molecule has 0 spiro atoms. The molecule has 1 aromatic rings. The smallest absolute Gasteiger partial charge is 0.363 e. The molecule has 0 fully saturated rings. The molecule has 0 aliphatic carbocycles. The van der Waals surface area contributed by atoms with E-state index < -0.39 is 18.0 Å². The Bertz CT molecular complexity index is 548. The SMILES string of the molecule is NC(C=C1N=C(c2ccccc2)OC1=O)C(=O)O. The van der Waals surface area contributed by atoms with Crippen molar-refractivity contribution in [2.75, 3.05) is 0 Å². The van der Waals surface area contributed by atoms with E-state index in [9.17, 15) is 9.59 Å². The zero-order chi connectivity index (χ0) is 13.1. The molecule has 1 aliphatic heterocycles. The number of aliphatic carboxylic acids is 1. The van der Waals surface area contributed by atoms with E-state index in [1.165, 1.54) is 0 Å². The molecule has 0 amide bonds. The Morgan fingerprint density at radius 1 is 1.39 bits per heavy atom. The second-order valence-corrected chi connectivity index (χ2v) is 3.59. The average Bonchev–Trinajstić information content (AvgIpc) is 2.72. The van der Waals surface area contributed by atoms with E-state index >= 15 is 0 Å². The molecule has 92 valence electrons. The summed E-state index contributed by atoms with van der Waals surface area (Å²) in [4.78, 5) is 26.0. The number of aliphatic imine (C=N–C) groups is 1. The number of rotatable bonds is 3. The molecule has 0 bridgehead atoms. The summed E-state index contributed by atoms with van der Waals surface area (Å²) < 4.78 is 4.93. The maximum atomic E-state index is 11.5. The quantitative estimate of drug-likeness (QED) is 0.589. The van der Waals surface area contributed by atoms with Crippen LogP contribution >= 0.6 is 0 Å². The first-order valence-electron chi connectivity index (χ1n) is 5.14. The van der Waals surface area contributed by atoms with Gasteiger partial charge in [-0.3, -0.25) is 4.79 Å². The first-order valence-corrected chi connectivity index (χ1v) is 5.14. The van der Waals surface area contributed by atoms with Gasteiger partial charge in [0.2, 0.25) is 5.90 Å². The Kier molecular flexibility index (Phi) is 3.20. The van der Waals surface area contributed by atoms with Crippen LogP contribution in [0.1, 0.15) is 5.56 Å². The lowest BCUT2D eigenvalue weighted by molar-refractivity contribution is -0.137. The minimum atomic E-state index is -1.29. The highest BCUT2D eigenvalue weighted by molar-refractivity contribution is 6.11. The molecule has 0 radical (unpaired) electrons. The van der Waals surface area contributed by atoms with Crippen molar-refractivity contribution < 1.29 is 19.4 Å². The van der Waals surface area contributed by atoms with Crippen molar-refractivity contribution >= 4 is 17.8 Å². The summed E-state index contributed by atoms with van der Waals surface area (Å²) >= 11 is 0. The highest BCUT2D eigenvalue weighted by Crippen LogP contribution is 2.16. The summed E-state index contributed by atoms with van der Waals surface area (Å²) in [6.07, 6.45) is 1.06. The lowest BCUT2D eigenvalue weighted by Gasteiger charge is -1.97. The van der Waals surface area contributed by atoms with Crippen molar-refractivity contribution in [2.24, 2.45) is 10.7 Å². The number of hydrogen-bond donors (Lipinski definition) is 2. The van der Waals surface area contributed by atoms with E-state index in [0.717, 1.165) is 6.08 Å². The molecule has 3 N–H and O–H groups in total. The van der Waals surface area contributed by atoms with Gasteiger partial charge in [0.1, 0.15) is 6.04 Å². The number of benzene rings is 1. The maximum Gasteiger partial charge on any atom is 0.363 e. The summed E-state index contributed by atoms with van der Waals surface area (Å²) in [5.41, 5.74) is 5.83. The Morgan fingerprint density at radius 3 is 2.67 bits per heavy atom. The van der Waals surface area contributed by atoms with Crippen LogP contribution in [0.15, 0.2) is 47.1 Å². The lowest BCUT2D eigenvalue weighted by Crippen LogP contribution is -2.28. The van der Waals surface area contributed by atoms with Gasteiger partial charge in [-0.05, 0) is 18.2 Å². The van der Waals surface area contributed by atoms with Crippen molar-refractivity contribution in [1.82, 2.24) is 0 Å². The average molecular weight is 246 g/mol. The van der Waals surface area contributed by atoms with Gasteiger partial charge in [0.15, 0.2) is 5.70 Å². The molecular weight excluding hydrogens is 236 g/mol. The molecule has 1 atom stereocenters. The molecule has 0 aromatic heterocycles. The number of carboxylic acid groups (broad SMARTS) is 1. The van der Waals surface area contributed by atoms with Crippen LogP contribution in [0.5, 0.6) is 0 Å². The Labute approximate surface area is 102 Å². The number of ether oxygens (including phenoxy) is 1. The predicted octanol–water partition coefficient (Wildman–Crippen LogP) is 0.286. The summed E-state index contributed by atoms with van der Waals surface area (Å²) in [5.74, 6) is -1.80. The third-order valence-corrected chi connectivity index (χ3v) is 2.26. The molecule has 6 heteroatoms. The molecule has 1 heterocycles. The van der Waals surface area contributed by atoms with Crippen LogP contribution in [0.2, 0.25) is 0 Å². The van der Waals surface area contributed by atoms with E-state index in [0.29, 0.717) is 5.56 Å². The van der Waals surface area contributed by atoms with Crippen LogP contribution in [0.25, 0.3) is 0 Å². The molecule has 0 saturated carbocycles. The molecule has 2 rings (SSSR count). The fourth-order valence-electron chi connectivity index (χ4n) is 1.37. The second kappa shape index (κ2) is 4.80. The number of nitrogens with two attached hydrogens (primary N) is 1. The highest BCUT2D eigenvalue weighted by Gasteiger charge is 2.25. The number of carboxylic acids is 1. The van der Waals surface area contributed by atoms with Crippen LogP contribution in [0, 0.1) is 0 Å². The van der Waals surface area contributed by atoms with Gasteiger partial charge in [-0.1, -0.05) is 18.2 Å².